The van der Waals surface area contributed by atoms with Gasteiger partial charge in [-0.2, -0.15) is 57.9 Å². The second-order valence-electron chi connectivity index (χ2n) is 13.0. The second-order valence-corrected chi connectivity index (χ2v) is 13.0. The maximum Gasteiger partial charge on any atom is 0.416 e. The van der Waals surface area contributed by atoms with Gasteiger partial charge in [0.2, 0.25) is 0 Å². The van der Waals surface area contributed by atoms with Crippen molar-refractivity contribution in [1.82, 2.24) is 9.13 Å². The predicted molar refractivity (Wildman–Crippen MR) is 185 cm³/mol. The van der Waals surface area contributed by atoms with Crippen molar-refractivity contribution in [2.45, 2.75) is 24.7 Å². The summed E-state index contributed by atoms with van der Waals surface area (Å²) < 4.78 is 171. The van der Waals surface area contributed by atoms with Gasteiger partial charge in [0.1, 0.15) is 0 Å². The van der Waals surface area contributed by atoms with E-state index in [-0.39, 0.29) is 50.3 Å². The van der Waals surface area contributed by atoms with E-state index in [1.54, 1.807) is 36.4 Å². The van der Waals surface area contributed by atoms with Gasteiger partial charge in [-0.1, -0.05) is 36.4 Å². The number of benzene rings is 6. The first-order chi connectivity index (χ1) is 26.3. The minimum absolute atomic E-state index is 0.0292. The molecule has 8 aromatic rings. The summed E-state index contributed by atoms with van der Waals surface area (Å²) in [4.78, 5) is 0. The molecule has 0 radical (unpaired) electrons. The highest BCUT2D eigenvalue weighted by Crippen LogP contribution is 2.45. The van der Waals surface area contributed by atoms with Crippen LogP contribution in [0.5, 0.6) is 0 Å². The SMILES string of the molecule is N#Cc1cc(-n2c3ccccc3c3cc(C(F)(F)F)ccc32)c(-n2c3ccccc3c3cc(C(F)(F)F)ccc32)cc1-c1cc(C(F)(F)F)cc(C(F)(F)F)c1. The molecular weight excluding hydrogens is 762 g/mol. The normalized spacial score (nSPS) is 13.0. The van der Waals surface area contributed by atoms with Crippen LogP contribution in [0, 0.1) is 11.3 Å². The number of hydrogen-bond acceptors (Lipinski definition) is 1. The number of hydrogen-bond donors (Lipinski definition) is 0. The lowest BCUT2D eigenvalue weighted by Gasteiger charge is -2.20. The summed E-state index contributed by atoms with van der Waals surface area (Å²) in [6, 6.07) is 23.3. The third-order valence-corrected chi connectivity index (χ3v) is 9.62. The average Bonchev–Trinajstić information content (AvgIpc) is 3.65. The zero-order chi connectivity index (χ0) is 40.1. The molecule has 2 heterocycles. The van der Waals surface area contributed by atoms with Crippen LogP contribution in [-0.4, -0.2) is 9.13 Å². The number of rotatable bonds is 3. The maximum atomic E-state index is 14.1. The molecule has 8 rings (SSSR count). The molecule has 0 atom stereocenters. The van der Waals surface area contributed by atoms with Crippen LogP contribution >= 0.6 is 0 Å². The van der Waals surface area contributed by atoms with E-state index in [2.05, 4.69) is 0 Å². The number of para-hydroxylation sites is 2. The topological polar surface area (TPSA) is 33.6 Å². The highest BCUT2D eigenvalue weighted by Gasteiger charge is 2.38. The Labute approximate surface area is 306 Å². The summed E-state index contributed by atoms with van der Waals surface area (Å²) in [6.07, 6.45) is -20.0. The van der Waals surface area contributed by atoms with Crippen LogP contribution in [0.3, 0.4) is 0 Å². The summed E-state index contributed by atoms with van der Waals surface area (Å²) in [6.45, 7) is 0. The standard InChI is InChI=1S/C41H19F12N3/c42-38(43,44)23-9-11-34-30(17-23)27-5-1-3-7-32(27)55(34)36-15-22(20-54)29(21-13-25(40(48,49)50)16-26(14-21)41(51,52)53)19-37(36)56-33-8-4-2-6-28(33)31-18-24(39(45,46)47)10-12-35(31)56/h1-19H. The Morgan fingerprint density at radius 3 is 1.20 bits per heavy atom. The lowest BCUT2D eigenvalue weighted by molar-refractivity contribution is -0.143. The molecule has 6 aromatic carbocycles. The van der Waals surface area contributed by atoms with Gasteiger partial charge in [0.15, 0.2) is 0 Å². The molecule has 0 spiro atoms. The van der Waals surface area contributed by atoms with Crippen LogP contribution < -0.4 is 0 Å². The van der Waals surface area contributed by atoms with E-state index < -0.39 is 58.1 Å². The van der Waals surface area contributed by atoms with Gasteiger partial charge in [-0.3, -0.25) is 0 Å². The fourth-order valence-corrected chi connectivity index (χ4v) is 7.19. The van der Waals surface area contributed by atoms with Crippen molar-refractivity contribution in [3.05, 3.63) is 143 Å². The van der Waals surface area contributed by atoms with Gasteiger partial charge in [-0.05, 0) is 84.4 Å². The smallest absolute Gasteiger partial charge is 0.307 e. The van der Waals surface area contributed by atoms with Gasteiger partial charge in [-0.15, -0.1) is 0 Å². The zero-order valence-electron chi connectivity index (χ0n) is 27.8. The minimum Gasteiger partial charge on any atom is -0.307 e. The van der Waals surface area contributed by atoms with E-state index in [9.17, 15) is 57.9 Å². The Kier molecular flexibility index (Phi) is 8.02. The van der Waals surface area contributed by atoms with E-state index >= 15 is 0 Å². The summed E-state index contributed by atoms with van der Waals surface area (Å²) in [5.41, 5.74) is -5.85. The third kappa shape index (κ3) is 5.96. The van der Waals surface area contributed by atoms with Gasteiger partial charge < -0.3 is 9.13 Å². The summed E-state index contributed by atoms with van der Waals surface area (Å²) >= 11 is 0. The molecule has 0 N–H and O–H groups in total. The van der Waals surface area contributed by atoms with Crippen LogP contribution in [0.1, 0.15) is 27.8 Å². The Balaban J connectivity index is 1.56. The van der Waals surface area contributed by atoms with Gasteiger partial charge in [-0.25, -0.2) is 0 Å². The minimum atomic E-state index is -5.24. The van der Waals surface area contributed by atoms with Crippen molar-refractivity contribution in [2.24, 2.45) is 0 Å². The second kappa shape index (κ2) is 12.3. The Morgan fingerprint density at radius 2 is 0.786 bits per heavy atom. The highest BCUT2D eigenvalue weighted by atomic mass is 19.4. The summed E-state index contributed by atoms with van der Waals surface area (Å²) in [5, 5.41) is 11.3. The first kappa shape index (κ1) is 36.5. The summed E-state index contributed by atoms with van der Waals surface area (Å²) in [5.74, 6) is 0. The number of aromatic nitrogens is 2. The first-order valence-corrected chi connectivity index (χ1v) is 16.4. The molecule has 0 aliphatic heterocycles. The molecule has 0 saturated carbocycles. The molecule has 0 aliphatic rings. The largest absolute Gasteiger partial charge is 0.416 e. The molecule has 0 aliphatic carbocycles. The van der Waals surface area contributed by atoms with Gasteiger partial charge in [0, 0.05) is 27.1 Å². The Morgan fingerprint density at radius 1 is 0.393 bits per heavy atom. The maximum absolute atomic E-state index is 14.1. The molecule has 3 nitrogen and oxygen atoms in total. The van der Waals surface area contributed by atoms with Crippen LogP contribution in [-0.2, 0) is 24.7 Å². The van der Waals surface area contributed by atoms with E-state index in [4.69, 9.17) is 0 Å². The molecular formula is C41H19F12N3. The van der Waals surface area contributed by atoms with E-state index in [0.29, 0.717) is 28.4 Å². The van der Waals surface area contributed by atoms with Crippen molar-refractivity contribution in [3.63, 3.8) is 0 Å². The third-order valence-electron chi connectivity index (χ3n) is 9.62. The Hall–Kier alpha value is -6.43. The average molecular weight is 782 g/mol. The molecule has 2 aromatic heterocycles. The number of fused-ring (bicyclic) bond motifs is 6. The molecule has 0 bridgehead atoms. The van der Waals surface area contributed by atoms with Crippen molar-refractivity contribution in [3.8, 4) is 28.6 Å². The zero-order valence-corrected chi connectivity index (χ0v) is 27.8. The van der Waals surface area contributed by atoms with Crippen LogP contribution in [0.2, 0.25) is 0 Å². The van der Waals surface area contributed by atoms with Crippen LogP contribution in [0.4, 0.5) is 52.7 Å². The Bertz CT molecular complexity index is 2900. The van der Waals surface area contributed by atoms with Gasteiger partial charge in [0.05, 0.1) is 67.3 Å². The highest BCUT2D eigenvalue weighted by molar-refractivity contribution is 6.12. The molecule has 0 unspecified atom stereocenters. The lowest BCUT2D eigenvalue weighted by atomic mass is 9.94. The number of alkyl halides is 12. The van der Waals surface area contributed by atoms with Crippen molar-refractivity contribution >= 4 is 43.6 Å². The fourth-order valence-electron chi connectivity index (χ4n) is 7.19. The molecule has 56 heavy (non-hydrogen) atoms. The van der Waals surface area contributed by atoms with Gasteiger partial charge >= 0.3 is 24.7 Å². The van der Waals surface area contributed by atoms with Crippen LogP contribution in [0.25, 0.3) is 66.1 Å². The van der Waals surface area contributed by atoms with Gasteiger partial charge in [0.25, 0.3) is 0 Å². The number of nitrogens with zero attached hydrogens (tertiary/aromatic N) is 3. The molecule has 0 amide bonds. The number of nitriles is 1. The number of halogens is 12. The molecule has 0 saturated heterocycles. The summed E-state index contributed by atoms with van der Waals surface area (Å²) in [7, 11) is 0. The fraction of sp³-hybridized carbons (Fsp3) is 0.0976. The molecule has 282 valence electrons. The van der Waals surface area contributed by atoms with E-state index in [1.165, 1.54) is 33.4 Å². The predicted octanol–water partition coefficient (Wildman–Crippen LogP) is 13.5. The van der Waals surface area contributed by atoms with Crippen molar-refractivity contribution in [2.75, 3.05) is 0 Å². The monoisotopic (exact) mass is 781 g/mol. The molecule has 15 heteroatoms. The van der Waals surface area contributed by atoms with Crippen LogP contribution in [0.15, 0.2) is 115 Å². The van der Waals surface area contributed by atoms with E-state index in [0.717, 1.165) is 36.4 Å². The first-order valence-electron chi connectivity index (χ1n) is 16.4. The van der Waals surface area contributed by atoms with Crippen molar-refractivity contribution < 1.29 is 52.7 Å². The van der Waals surface area contributed by atoms with E-state index in [1.807, 2.05) is 6.07 Å². The lowest BCUT2D eigenvalue weighted by Crippen LogP contribution is -2.11. The molecule has 0 fully saturated rings. The van der Waals surface area contributed by atoms with Crippen molar-refractivity contribution in [1.29, 1.82) is 5.26 Å². The quantitative estimate of drug-likeness (QED) is 0.164.